The zero-order chi connectivity index (χ0) is 12.3. The molecule has 0 bridgehead atoms. The molecule has 0 aromatic heterocycles. The van der Waals surface area contributed by atoms with Crippen LogP contribution in [0.5, 0.6) is 0 Å². The van der Waals surface area contributed by atoms with Gasteiger partial charge < -0.3 is 9.64 Å². The van der Waals surface area contributed by atoms with Gasteiger partial charge in [-0.1, -0.05) is 30.0 Å². The normalized spacial score (nSPS) is 16.0. The molecule has 1 fully saturated rings. The molecule has 0 spiro atoms. The number of thiocarbonyl (C=S) groups is 1. The second kappa shape index (κ2) is 5.85. The van der Waals surface area contributed by atoms with Crippen molar-refractivity contribution < 1.29 is 4.74 Å². The summed E-state index contributed by atoms with van der Waals surface area (Å²) in [6, 6.07) is 6.55. The van der Waals surface area contributed by atoms with E-state index < -0.39 is 0 Å². The summed E-state index contributed by atoms with van der Waals surface area (Å²) in [6.07, 6.45) is 0. The molecule has 2 nitrogen and oxygen atoms in total. The fourth-order valence-electron chi connectivity index (χ4n) is 1.90. The molecule has 1 aromatic rings. The van der Waals surface area contributed by atoms with Crippen LogP contribution < -0.4 is 0 Å². The number of hydrogen-bond donors (Lipinski definition) is 0. The predicted molar refractivity (Wildman–Crippen MR) is 76.8 cm³/mol. The smallest absolute Gasteiger partial charge is 0.141 e. The van der Waals surface area contributed by atoms with Crippen molar-refractivity contribution in [1.82, 2.24) is 4.90 Å². The van der Waals surface area contributed by atoms with Crippen molar-refractivity contribution in [1.29, 1.82) is 0 Å². The molecule has 17 heavy (non-hydrogen) atoms. The van der Waals surface area contributed by atoms with E-state index >= 15 is 0 Å². The number of rotatable bonds is 1. The van der Waals surface area contributed by atoms with Crippen LogP contribution in [0.15, 0.2) is 23.1 Å². The Morgan fingerprint density at radius 2 is 1.76 bits per heavy atom. The van der Waals surface area contributed by atoms with Gasteiger partial charge in [-0.2, -0.15) is 0 Å². The van der Waals surface area contributed by atoms with Gasteiger partial charge in [0.25, 0.3) is 0 Å². The van der Waals surface area contributed by atoms with Crippen LogP contribution in [0.2, 0.25) is 0 Å². The number of morpholine rings is 1. The van der Waals surface area contributed by atoms with Gasteiger partial charge in [0.2, 0.25) is 0 Å². The predicted octanol–water partition coefficient (Wildman–Crippen LogP) is 3.01. The summed E-state index contributed by atoms with van der Waals surface area (Å²) in [7, 11) is 0. The first-order valence-electron chi connectivity index (χ1n) is 5.78. The lowest BCUT2D eigenvalue weighted by atomic mass is 10.2. The number of nitrogens with zero attached hydrogens (tertiary/aromatic N) is 1. The van der Waals surface area contributed by atoms with Crippen molar-refractivity contribution in [2.75, 3.05) is 26.3 Å². The summed E-state index contributed by atoms with van der Waals surface area (Å²) in [5, 5.41) is 0. The second-order valence-corrected chi connectivity index (χ2v) is 6.00. The fourth-order valence-corrected chi connectivity index (χ4v) is 3.38. The van der Waals surface area contributed by atoms with Crippen LogP contribution in [0.3, 0.4) is 0 Å². The highest BCUT2D eigenvalue weighted by atomic mass is 32.2. The van der Waals surface area contributed by atoms with Gasteiger partial charge >= 0.3 is 0 Å². The Hall–Kier alpha value is -0.580. The van der Waals surface area contributed by atoms with Crippen LogP contribution >= 0.6 is 24.0 Å². The zero-order valence-electron chi connectivity index (χ0n) is 10.2. The van der Waals surface area contributed by atoms with Gasteiger partial charge in [0.1, 0.15) is 4.32 Å². The molecule has 0 aliphatic carbocycles. The lowest BCUT2D eigenvalue weighted by Gasteiger charge is -2.28. The largest absolute Gasteiger partial charge is 0.378 e. The number of benzene rings is 1. The Bertz CT molecular complexity index is 394. The van der Waals surface area contributed by atoms with E-state index in [0.717, 1.165) is 30.6 Å². The minimum Gasteiger partial charge on any atom is -0.378 e. The quantitative estimate of drug-likeness (QED) is 0.572. The summed E-state index contributed by atoms with van der Waals surface area (Å²) in [5.74, 6) is 0. The summed E-state index contributed by atoms with van der Waals surface area (Å²) < 4.78 is 6.28. The molecule has 1 aromatic carbocycles. The second-order valence-electron chi connectivity index (χ2n) is 4.29. The third-order valence-electron chi connectivity index (χ3n) is 2.67. The Kier molecular flexibility index (Phi) is 4.42. The summed E-state index contributed by atoms with van der Waals surface area (Å²) in [4.78, 5) is 3.46. The average Bonchev–Trinajstić information content (AvgIpc) is 2.28. The van der Waals surface area contributed by atoms with Crippen molar-refractivity contribution in [3.05, 3.63) is 29.3 Å². The first-order valence-corrected chi connectivity index (χ1v) is 7.00. The van der Waals surface area contributed by atoms with Gasteiger partial charge in [0, 0.05) is 18.0 Å². The number of aryl methyl sites for hydroxylation is 2. The highest BCUT2D eigenvalue weighted by Crippen LogP contribution is 2.24. The van der Waals surface area contributed by atoms with Crippen LogP contribution in [-0.4, -0.2) is 35.5 Å². The van der Waals surface area contributed by atoms with Gasteiger partial charge in [-0.3, -0.25) is 0 Å². The summed E-state index contributed by atoms with van der Waals surface area (Å²) >= 11 is 7.16. The van der Waals surface area contributed by atoms with E-state index in [1.165, 1.54) is 16.0 Å². The molecule has 0 saturated carbocycles. The minimum atomic E-state index is 0.785. The first-order chi connectivity index (χ1) is 8.15. The highest BCUT2D eigenvalue weighted by Gasteiger charge is 2.14. The number of ether oxygens (including phenoxy) is 1. The average molecular weight is 267 g/mol. The molecule has 1 heterocycles. The maximum absolute atomic E-state index is 5.48. The van der Waals surface area contributed by atoms with Crippen molar-refractivity contribution in [2.45, 2.75) is 18.7 Å². The van der Waals surface area contributed by atoms with Crippen LogP contribution in [0.1, 0.15) is 11.1 Å². The first kappa shape index (κ1) is 12.9. The molecule has 0 radical (unpaired) electrons. The van der Waals surface area contributed by atoms with Crippen molar-refractivity contribution in [3.8, 4) is 0 Å². The van der Waals surface area contributed by atoms with E-state index in [1.54, 1.807) is 11.8 Å². The number of thioether (sulfide) groups is 1. The van der Waals surface area contributed by atoms with Crippen LogP contribution in [0.4, 0.5) is 0 Å². The molecule has 0 N–H and O–H groups in total. The molecule has 1 saturated heterocycles. The maximum Gasteiger partial charge on any atom is 0.141 e. The summed E-state index contributed by atoms with van der Waals surface area (Å²) in [6.45, 7) is 7.64. The van der Waals surface area contributed by atoms with Crippen molar-refractivity contribution in [3.63, 3.8) is 0 Å². The van der Waals surface area contributed by atoms with Crippen molar-refractivity contribution >= 4 is 28.3 Å². The molecule has 0 unspecified atom stereocenters. The standard InChI is InChI=1S/C13H17NOS2/c1-10-7-11(2)9-12(8-10)17-13(16)14-3-5-15-6-4-14/h7-9H,3-6H2,1-2H3. The Morgan fingerprint density at radius 1 is 1.18 bits per heavy atom. The third-order valence-corrected chi connectivity index (χ3v) is 4.08. The molecule has 0 atom stereocenters. The van der Waals surface area contributed by atoms with E-state index in [-0.39, 0.29) is 0 Å². The minimum absolute atomic E-state index is 0.785. The number of hydrogen-bond acceptors (Lipinski definition) is 3. The van der Waals surface area contributed by atoms with E-state index in [4.69, 9.17) is 17.0 Å². The van der Waals surface area contributed by atoms with Gasteiger partial charge in [-0.25, -0.2) is 0 Å². The van der Waals surface area contributed by atoms with E-state index in [1.807, 2.05) is 0 Å². The van der Waals surface area contributed by atoms with E-state index in [2.05, 4.69) is 36.9 Å². The van der Waals surface area contributed by atoms with Gasteiger partial charge in [-0.05, 0) is 37.1 Å². The lowest BCUT2D eigenvalue weighted by molar-refractivity contribution is 0.0702. The van der Waals surface area contributed by atoms with Gasteiger partial charge in [-0.15, -0.1) is 0 Å². The van der Waals surface area contributed by atoms with Gasteiger partial charge in [0.15, 0.2) is 0 Å². The van der Waals surface area contributed by atoms with Gasteiger partial charge in [0.05, 0.1) is 13.2 Å². The van der Waals surface area contributed by atoms with Crippen LogP contribution in [0.25, 0.3) is 0 Å². The van der Waals surface area contributed by atoms with Crippen LogP contribution in [-0.2, 0) is 4.74 Å². The topological polar surface area (TPSA) is 12.5 Å². The van der Waals surface area contributed by atoms with Crippen molar-refractivity contribution in [2.24, 2.45) is 0 Å². The Labute approximate surface area is 112 Å². The molecule has 4 heteroatoms. The molecular formula is C13H17NOS2. The Balaban J connectivity index is 2.01. The molecule has 1 aliphatic rings. The van der Waals surface area contributed by atoms with Crippen LogP contribution in [0, 0.1) is 13.8 Å². The maximum atomic E-state index is 5.48. The molecule has 2 rings (SSSR count). The lowest BCUT2D eigenvalue weighted by Crippen LogP contribution is -2.38. The molecule has 0 amide bonds. The Morgan fingerprint density at radius 3 is 2.35 bits per heavy atom. The van der Waals surface area contributed by atoms with E-state index in [9.17, 15) is 0 Å². The molecular weight excluding hydrogens is 250 g/mol. The van der Waals surface area contributed by atoms with E-state index in [0.29, 0.717) is 0 Å². The SMILES string of the molecule is Cc1cc(C)cc(SC(=S)N2CCOCC2)c1. The zero-order valence-corrected chi connectivity index (χ0v) is 11.9. The highest BCUT2D eigenvalue weighted by molar-refractivity contribution is 8.22. The summed E-state index contributed by atoms with van der Waals surface area (Å²) in [5.41, 5.74) is 2.58. The molecule has 1 aliphatic heterocycles. The fraction of sp³-hybridized carbons (Fsp3) is 0.462. The third kappa shape index (κ3) is 3.69. The monoisotopic (exact) mass is 267 g/mol. The molecule has 92 valence electrons.